The van der Waals surface area contributed by atoms with Crippen LogP contribution in [0.1, 0.15) is 15.2 Å². The van der Waals surface area contributed by atoms with Crippen molar-refractivity contribution in [1.29, 1.82) is 0 Å². The highest BCUT2D eigenvalue weighted by atomic mass is 32.1. The fraction of sp³-hybridized carbons (Fsp3) is 0.167. The van der Waals surface area contributed by atoms with Gasteiger partial charge in [0.05, 0.1) is 17.4 Å². The molecule has 0 bridgehead atoms. The molecule has 18 heavy (non-hydrogen) atoms. The van der Waals surface area contributed by atoms with Gasteiger partial charge in [-0.15, -0.1) is 11.3 Å². The van der Waals surface area contributed by atoms with Gasteiger partial charge in [-0.3, -0.25) is 0 Å². The smallest absolute Gasteiger partial charge is 0.337 e. The molecule has 0 amide bonds. The van der Waals surface area contributed by atoms with Gasteiger partial charge in [-0.2, -0.15) is 0 Å². The molecule has 2 heterocycles. The second-order valence-electron chi connectivity index (χ2n) is 3.72. The number of nitrogens with two attached hydrogens (primary N) is 1. The van der Waals surface area contributed by atoms with Gasteiger partial charge in [0.15, 0.2) is 0 Å². The van der Waals surface area contributed by atoms with Crippen molar-refractivity contribution in [3.8, 4) is 0 Å². The van der Waals surface area contributed by atoms with Gasteiger partial charge < -0.3 is 16.2 Å². The Labute approximate surface area is 108 Å². The number of nitrogens with zero attached hydrogens (tertiary/aromatic N) is 1. The van der Waals surface area contributed by atoms with Crippen LogP contribution in [0.15, 0.2) is 29.8 Å². The van der Waals surface area contributed by atoms with Crippen LogP contribution in [0.2, 0.25) is 0 Å². The molecule has 0 aromatic carbocycles. The summed E-state index contributed by atoms with van der Waals surface area (Å²) in [6.45, 7) is 0.705. The Balaban J connectivity index is 1.97. The van der Waals surface area contributed by atoms with E-state index in [4.69, 9.17) is 10.8 Å². The molecule has 0 atom stereocenters. The summed E-state index contributed by atoms with van der Waals surface area (Å²) in [5.74, 6) is -0.519. The summed E-state index contributed by atoms with van der Waals surface area (Å²) >= 11 is 1.69. The molecule has 0 saturated carbocycles. The zero-order valence-electron chi connectivity index (χ0n) is 9.59. The first kappa shape index (κ1) is 12.4. The number of carbonyl (C=O) groups is 1. The van der Waals surface area contributed by atoms with Crippen molar-refractivity contribution in [2.24, 2.45) is 0 Å². The molecule has 0 aliphatic rings. The van der Waals surface area contributed by atoms with Gasteiger partial charge in [0.25, 0.3) is 0 Å². The molecule has 0 saturated heterocycles. The first-order valence-electron chi connectivity index (χ1n) is 5.42. The predicted molar refractivity (Wildman–Crippen MR) is 72.1 cm³/mol. The lowest BCUT2D eigenvalue weighted by Crippen LogP contribution is -2.09. The van der Waals surface area contributed by atoms with Crippen LogP contribution < -0.4 is 11.1 Å². The highest BCUT2D eigenvalue weighted by molar-refractivity contribution is 7.09. The Kier molecular flexibility index (Phi) is 3.78. The zero-order valence-corrected chi connectivity index (χ0v) is 10.4. The Hall–Kier alpha value is -2.08. The molecule has 0 fully saturated rings. The molecule has 0 spiro atoms. The number of nitrogens with one attached hydrogen (secondary N) is 1. The Bertz CT molecular complexity index is 540. The predicted octanol–water partition coefficient (Wildman–Crippen LogP) is 2.08. The number of thiophene rings is 1. The highest BCUT2D eigenvalue weighted by Gasteiger charge is 2.09. The van der Waals surface area contributed by atoms with Crippen molar-refractivity contribution in [2.45, 2.75) is 6.42 Å². The first-order valence-corrected chi connectivity index (χ1v) is 6.30. The Morgan fingerprint density at radius 1 is 1.56 bits per heavy atom. The Morgan fingerprint density at radius 3 is 3.06 bits per heavy atom. The standard InChI is InChI=1S/C12H13N3O2S/c13-10-7-15-11(6-9(10)12(16)17)14-4-3-8-2-1-5-18-8/h1-2,5-7H,3-4,13H2,(H,14,15)(H,16,17). The van der Waals surface area contributed by atoms with Gasteiger partial charge in [-0.25, -0.2) is 9.78 Å². The van der Waals surface area contributed by atoms with Gasteiger partial charge in [-0.05, 0) is 23.9 Å². The second-order valence-corrected chi connectivity index (χ2v) is 4.75. The van der Waals surface area contributed by atoms with E-state index in [1.807, 2.05) is 11.4 Å². The van der Waals surface area contributed by atoms with Crippen molar-refractivity contribution in [1.82, 2.24) is 4.98 Å². The van der Waals surface area contributed by atoms with Crippen molar-refractivity contribution in [3.63, 3.8) is 0 Å². The molecule has 2 aromatic heterocycles. The average Bonchev–Trinajstić information content (AvgIpc) is 2.84. The largest absolute Gasteiger partial charge is 0.478 e. The van der Waals surface area contributed by atoms with E-state index >= 15 is 0 Å². The highest BCUT2D eigenvalue weighted by Crippen LogP contribution is 2.15. The maximum atomic E-state index is 10.9. The van der Waals surface area contributed by atoms with Gasteiger partial charge in [-0.1, -0.05) is 6.07 Å². The summed E-state index contributed by atoms with van der Waals surface area (Å²) in [5, 5.41) is 14.0. The molecular weight excluding hydrogens is 250 g/mol. The lowest BCUT2D eigenvalue weighted by atomic mass is 10.2. The summed E-state index contributed by atoms with van der Waals surface area (Å²) in [6, 6.07) is 5.52. The second kappa shape index (κ2) is 5.50. The summed E-state index contributed by atoms with van der Waals surface area (Å²) in [6.07, 6.45) is 2.24. The lowest BCUT2D eigenvalue weighted by molar-refractivity contribution is 0.0698. The normalized spacial score (nSPS) is 10.2. The SMILES string of the molecule is Nc1cnc(NCCc2cccs2)cc1C(=O)O. The molecule has 5 nitrogen and oxygen atoms in total. The van der Waals surface area contributed by atoms with Crippen LogP contribution in [0.3, 0.4) is 0 Å². The van der Waals surface area contributed by atoms with E-state index in [-0.39, 0.29) is 11.3 Å². The minimum atomic E-state index is -1.05. The van der Waals surface area contributed by atoms with Crippen molar-refractivity contribution in [2.75, 3.05) is 17.6 Å². The number of aromatic carboxylic acids is 1. The fourth-order valence-electron chi connectivity index (χ4n) is 1.52. The third-order valence-corrected chi connectivity index (χ3v) is 3.36. The molecule has 4 N–H and O–H groups in total. The fourth-order valence-corrected chi connectivity index (χ4v) is 2.23. The maximum Gasteiger partial charge on any atom is 0.337 e. The van der Waals surface area contributed by atoms with Crippen molar-refractivity contribution in [3.05, 3.63) is 40.2 Å². The summed E-state index contributed by atoms with van der Waals surface area (Å²) in [5.41, 5.74) is 5.77. The van der Waals surface area contributed by atoms with Crippen LogP contribution >= 0.6 is 11.3 Å². The monoisotopic (exact) mass is 263 g/mol. The molecule has 94 valence electrons. The third-order valence-electron chi connectivity index (χ3n) is 2.42. The van der Waals surface area contributed by atoms with E-state index in [9.17, 15) is 4.79 Å². The maximum absolute atomic E-state index is 10.9. The molecule has 0 radical (unpaired) electrons. The van der Waals surface area contributed by atoms with E-state index in [0.29, 0.717) is 12.4 Å². The number of aromatic nitrogens is 1. The number of anilines is 2. The molecule has 0 unspecified atom stereocenters. The molecule has 2 aromatic rings. The van der Waals surface area contributed by atoms with Crippen LogP contribution in [0.4, 0.5) is 11.5 Å². The summed E-state index contributed by atoms with van der Waals surface area (Å²) in [7, 11) is 0. The van der Waals surface area contributed by atoms with Gasteiger partial charge in [0.1, 0.15) is 5.82 Å². The quantitative estimate of drug-likeness (QED) is 0.768. The number of nitrogen functional groups attached to an aromatic ring is 1. The molecule has 0 aliphatic heterocycles. The van der Waals surface area contributed by atoms with Crippen LogP contribution in [0.25, 0.3) is 0 Å². The first-order chi connectivity index (χ1) is 8.66. The van der Waals surface area contributed by atoms with E-state index in [2.05, 4.69) is 16.4 Å². The number of rotatable bonds is 5. The molecule has 2 rings (SSSR count). The van der Waals surface area contributed by atoms with E-state index in [0.717, 1.165) is 6.42 Å². The van der Waals surface area contributed by atoms with Crippen molar-refractivity contribution >= 4 is 28.8 Å². The summed E-state index contributed by atoms with van der Waals surface area (Å²) in [4.78, 5) is 16.2. The van der Waals surface area contributed by atoms with Crippen LogP contribution in [0.5, 0.6) is 0 Å². The Morgan fingerprint density at radius 2 is 2.39 bits per heavy atom. The lowest BCUT2D eigenvalue weighted by Gasteiger charge is -2.06. The van der Waals surface area contributed by atoms with Crippen LogP contribution in [-0.2, 0) is 6.42 Å². The molecular formula is C12H13N3O2S. The minimum Gasteiger partial charge on any atom is -0.478 e. The van der Waals surface area contributed by atoms with Crippen LogP contribution in [-0.4, -0.2) is 22.6 Å². The third kappa shape index (κ3) is 2.98. The van der Waals surface area contributed by atoms with E-state index in [1.54, 1.807) is 11.3 Å². The van der Waals surface area contributed by atoms with Gasteiger partial charge >= 0.3 is 5.97 Å². The number of pyridine rings is 1. The number of hydrogen-bond acceptors (Lipinski definition) is 5. The van der Waals surface area contributed by atoms with Crippen molar-refractivity contribution < 1.29 is 9.90 Å². The minimum absolute atomic E-state index is 0.0728. The average molecular weight is 263 g/mol. The van der Waals surface area contributed by atoms with E-state index in [1.165, 1.54) is 17.1 Å². The zero-order chi connectivity index (χ0) is 13.0. The topological polar surface area (TPSA) is 88.2 Å². The number of carboxylic acids is 1. The van der Waals surface area contributed by atoms with Gasteiger partial charge in [0, 0.05) is 11.4 Å². The number of carboxylic acid groups (broad SMARTS) is 1. The molecule has 6 heteroatoms. The van der Waals surface area contributed by atoms with E-state index < -0.39 is 5.97 Å². The number of hydrogen-bond donors (Lipinski definition) is 3. The molecule has 0 aliphatic carbocycles. The van der Waals surface area contributed by atoms with Crippen LogP contribution in [0, 0.1) is 0 Å². The summed E-state index contributed by atoms with van der Waals surface area (Å²) < 4.78 is 0. The van der Waals surface area contributed by atoms with Gasteiger partial charge in [0.2, 0.25) is 0 Å².